The topological polar surface area (TPSA) is 49.3 Å². The number of carbonyl (C=O) groups is 1. The molecule has 3 saturated carbocycles. The highest BCUT2D eigenvalue weighted by Gasteiger charge is 2.56. The number of fused-ring (bicyclic) bond motifs is 1. The molecule has 180 valence electrons. The van der Waals surface area contributed by atoms with Gasteiger partial charge in [0.15, 0.2) is 0 Å². The van der Waals surface area contributed by atoms with Gasteiger partial charge < -0.3 is 9.87 Å². The van der Waals surface area contributed by atoms with E-state index in [9.17, 15) is 4.79 Å². The van der Waals surface area contributed by atoms with Crippen molar-refractivity contribution in [2.45, 2.75) is 109 Å². The molecule has 3 fully saturated rings. The van der Waals surface area contributed by atoms with Crippen molar-refractivity contribution >= 4 is 30.6 Å². The first-order chi connectivity index (χ1) is 14.9. The Balaban J connectivity index is 1.53. The summed E-state index contributed by atoms with van der Waals surface area (Å²) >= 11 is 6.32. The van der Waals surface area contributed by atoms with E-state index in [-0.39, 0.29) is 10.7 Å². The molecule has 3 rings (SSSR count). The van der Waals surface area contributed by atoms with Gasteiger partial charge in [0.05, 0.1) is 0 Å². The lowest BCUT2D eigenvalue weighted by Crippen LogP contribution is -2.51. The molecule has 3 aliphatic rings. The van der Waals surface area contributed by atoms with Gasteiger partial charge in [0.25, 0.3) is 0 Å². The van der Waals surface area contributed by atoms with Crippen molar-refractivity contribution in [3.63, 3.8) is 0 Å². The van der Waals surface area contributed by atoms with Crippen molar-refractivity contribution < 1.29 is 9.35 Å². The number of rotatable bonds is 10. The predicted octanol–water partition coefficient (Wildman–Crippen LogP) is 7.22. The molecule has 3 aliphatic carbocycles. The summed E-state index contributed by atoms with van der Waals surface area (Å²) in [7, 11) is 0. The zero-order chi connectivity index (χ0) is 22.5. The van der Waals surface area contributed by atoms with Crippen LogP contribution >= 0.6 is 24.7 Å². The monoisotopic (exact) mass is 469 g/mol. The summed E-state index contributed by atoms with van der Waals surface area (Å²) in [5.74, 6) is 4.84. The standard InChI is InChI=1S/C26H47NO2S2/c1-4-20-9-5-6-15-26(20,30)23-14-16-25(3)21(12-13-22(25)19(23)2)10-7-11-24(28)27-17-8-18-31-29/h19-23,29-30H,4-18H2,1-3H3,(H,27,28). The largest absolute Gasteiger partial charge is 0.356 e. The van der Waals surface area contributed by atoms with E-state index in [0.29, 0.717) is 24.1 Å². The van der Waals surface area contributed by atoms with E-state index in [4.69, 9.17) is 17.2 Å². The van der Waals surface area contributed by atoms with Crippen LogP contribution in [0.1, 0.15) is 104 Å². The van der Waals surface area contributed by atoms with Gasteiger partial charge in [0, 0.05) is 23.5 Å². The Hall–Kier alpha value is 0.130. The lowest BCUT2D eigenvalue weighted by molar-refractivity contribution is -0.121. The van der Waals surface area contributed by atoms with E-state index < -0.39 is 0 Å². The lowest BCUT2D eigenvalue weighted by Gasteiger charge is -2.56. The minimum Gasteiger partial charge on any atom is -0.356 e. The van der Waals surface area contributed by atoms with Crippen LogP contribution < -0.4 is 5.32 Å². The third-order valence-corrected chi connectivity index (χ3v) is 11.2. The average Bonchev–Trinajstić information content (AvgIpc) is 3.09. The van der Waals surface area contributed by atoms with Crippen molar-refractivity contribution in [3.8, 4) is 0 Å². The SMILES string of the molecule is CCC1CCCCC1(S)C1CCC2(C)C(CCCC(=O)NCCCSO)CCC2C1C. The van der Waals surface area contributed by atoms with Crippen LogP contribution in [0.25, 0.3) is 0 Å². The summed E-state index contributed by atoms with van der Waals surface area (Å²) in [4.78, 5) is 12.1. The van der Waals surface area contributed by atoms with Crippen molar-refractivity contribution in [1.29, 1.82) is 0 Å². The Morgan fingerprint density at radius 3 is 2.65 bits per heavy atom. The summed E-state index contributed by atoms with van der Waals surface area (Å²) < 4.78 is 9.02. The quantitative estimate of drug-likeness (QED) is 0.180. The number of hydrogen-bond acceptors (Lipinski definition) is 4. The summed E-state index contributed by atoms with van der Waals surface area (Å²) in [6, 6.07) is 0. The maximum absolute atomic E-state index is 12.1. The van der Waals surface area contributed by atoms with Crippen LogP contribution in [0, 0.1) is 35.0 Å². The first kappa shape index (κ1) is 25.7. The van der Waals surface area contributed by atoms with E-state index in [2.05, 4.69) is 26.1 Å². The number of hydrogen-bond donors (Lipinski definition) is 3. The number of thiol groups is 1. The molecule has 0 aliphatic heterocycles. The van der Waals surface area contributed by atoms with Crippen molar-refractivity contribution in [3.05, 3.63) is 0 Å². The normalized spacial score (nSPS) is 40.5. The van der Waals surface area contributed by atoms with Gasteiger partial charge in [-0.1, -0.05) is 40.0 Å². The van der Waals surface area contributed by atoms with Crippen LogP contribution in [0.3, 0.4) is 0 Å². The third kappa shape index (κ3) is 5.62. The minimum atomic E-state index is 0.180. The van der Waals surface area contributed by atoms with Gasteiger partial charge >= 0.3 is 0 Å². The highest BCUT2D eigenvalue weighted by atomic mass is 32.2. The molecule has 0 heterocycles. The smallest absolute Gasteiger partial charge is 0.219 e. The fourth-order valence-corrected chi connectivity index (χ4v) is 9.15. The van der Waals surface area contributed by atoms with Gasteiger partial charge in [0.1, 0.15) is 0 Å². The molecule has 0 aromatic rings. The molecule has 5 heteroatoms. The zero-order valence-electron chi connectivity index (χ0n) is 20.2. The van der Waals surface area contributed by atoms with Gasteiger partial charge in [-0.2, -0.15) is 12.6 Å². The first-order valence-electron chi connectivity index (χ1n) is 13.1. The van der Waals surface area contributed by atoms with E-state index in [1.165, 1.54) is 64.2 Å². The van der Waals surface area contributed by atoms with Crippen molar-refractivity contribution in [1.82, 2.24) is 5.32 Å². The summed E-state index contributed by atoms with van der Waals surface area (Å²) in [5, 5.41) is 3.00. The lowest BCUT2D eigenvalue weighted by atomic mass is 9.53. The predicted molar refractivity (Wildman–Crippen MR) is 137 cm³/mol. The van der Waals surface area contributed by atoms with Gasteiger partial charge in [-0.05, 0) is 105 Å². The zero-order valence-corrected chi connectivity index (χ0v) is 21.9. The number of carbonyl (C=O) groups excluding carboxylic acids is 1. The second-order valence-electron chi connectivity index (χ2n) is 11.2. The Morgan fingerprint density at radius 2 is 1.90 bits per heavy atom. The van der Waals surface area contributed by atoms with E-state index in [1.54, 1.807) is 0 Å². The molecule has 0 aromatic heterocycles. The molecule has 3 nitrogen and oxygen atoms in total. The molecule has 1 amide bonds. The maximum Gasteiger partial charge on any atom is 0.219 e. The van der Waals surface area contributed by atoms with Gasteiger partial charge in [-0.3, -0.25) is 4.79 Å². The Morgan fingerprint density at radius 1 is 1.10 bits per heavy atom. The summed E-state index contributed by atoms with van der Waals surface area (Å²) in [6.45, 7) is 8.20. The van der Waals surface area contributed by atoms with Crippen LogP contribution in [-0.2, 0) is 4.79 Å². The second-order valence-corrected chi connectivity index (χ2v) is 12.7. The fourth-order valence-electron chi connectivity index (χ4n) is 8.05. The van der Waals surface area contributed by atoms with Crippen LogP contribution in [0.5, 0.6) is 0 Å². The molecule has 0 spiro atoms. The van der Waals surface area contributed by atoms with Crippen molar-refractivity contribution in [2.75, 3.05) is 12.3 Å². The van der Waals surface area contributed by atoms with E-state index in [0.717, 1.165) is 54.5 Å². The van der Waals surface area contributed by atoms with E-state index >= 15 is 0 Å². The Bertz CT molecular complexity index is 588. The van der Waals surface area contributed by atoms with Crippen LogP contribution in [0.4, 0.5) is 0 Å². The Kier molecular flexibility index (Phi) is 9.56. The molecule has 0 bridgehead atoms. The van der Waals surface area contributed by atoms with Crippen LogP contribution in [-0.4, -0.2) is 27.5 Å². The number of amides is 1. The molecular formula is C26H47NO2S2. The molecule has 0 radical (unpaired) electrons. The molecule has 7 unspecified atom stereocenters. The van der Waals surface area contributed by atoms with Gasteiger partial charge in [-0.25, -0.2) is 0 Å². The first-order valence-corrected chi connectivity index (χ1v) is 14.5. The molecule has 31 heavy (non-hydrogen) atoms. The fraction of sp³-hybridized carbons (Fsp3) is 0.962. The molecule has 0 aromatic carbocycles. The summed E-state index contributed by atoms with van der Waals surface area (Å²) in [5.41, 5.74) is 0.464. The van der Waals surface area contributed by atoms with Gasteiger partial charge in [0.2, 0.25) is 5.91 Å². The van der Waals surface area contributed by atoms with E-state index in [1.807, 2.05) is 0 Å². The molecule has 0 saturated heterocycles. The van der Waals surface area contributed by atoms with Crippen LogP contribution in [0.15, 0.2) is 0 Å². The van der Waals surface area contributed by atoms with Gasteiger partial charge in [-0.15, -0.1) is 0 Å². The average molecular weight is 470 g/mol. The second kappa shape index (κ2) is 11.5. The maximum atomic E-state index is 12.1. The molecule has 2 N–H and O–H groups in total. The number of nitrogens with one attached hydrogen (secondary N) is 1. The third-order valence-electron chi connectivity index (χ3n) is 9.78. The molecular weight excluding hydrogens is 422 g/mol. The minimum absolute atomic E-state index is 0.180. The highest BCUT2D eigenvalue weighted by molar-refractivity contribution is 7.93. The molecule has 7 atom stereocenters. The highest BCUT2D eigenvalue weighted by Crippen LogP contribution is 2.63. The summed E-state index contributed by atoms with van der Waals surface area (Å²) in [6.07, 6.45) is 15.9. The van der Waals surface area contributed by atoms with Crippen molar-refractivity contribution in [2.24, 2.45) is 35.0 Å². The van der Waals surface area contributed by atoms with Crippen LogP contribution in [0.2, 0.25) is 0 Å². The Labute approximate surface area is 201 Å².